The molecule has 0 aliphatic heterocycles. The van der Waals surface area contributed by atoms with Crippen molar-refractivity contribution in [2.45, 2.75) is 20.4 Å². The summed E-state index contributed by atoms with van der Waals surface area (Å²) in [6.45, 7) is 4.06. The summed E-state index contributed by atoms with van der Waals surface area (Å²) in [6.07, 6.45) is 0. The second-order valence-electron chi connectivity index (χ2n) is 7.33. The van der Waals surface area contributed by atoms with Gasteiger partial charge in [0, 0.05) is 20.6 Å². The maximum absolute atomic E-state index is 12.5. The number of carbonyl (C=O) groups excluding carboxylic acids is 2. The lowest BCUT2D eigenvalue weighted by molar-refractivity contribution is -0.130. The number of para-hydroxylation sites is 1. The second kappa shape index (κ2) is 9.80. The van der Waals surface area contributed by atoms with Gasteiger partial charge in [-0.15, -0.1) is 0 Å². The van der Waals surface area contributed by atoms with Gasteiger partial charge in [0.25, 0.3) is 5.91 Å². The molecule has 8 nitrogen and oxygen atoms in total. The number of aryl methyl sites for hydroxylation is 1. The fraction of sp³-hybridized carbons (Fsp3) is 0.261. The first-order valence-electron chi connectivity index (χ1n) is 9.93. The number of ether oxygens (including phenoxy) is 1. The van der Waals surface area contributed by atoms with Crippen LogP contribution in [0.1, 0.15) is 17.0 Å². The van der Waals surface area contributed by atoms with Gasteiger partial charge in [0.2, 0.25) is 0 Å². The molecular formula is C23H27N5O3. The zero-order valence-electron chi connectivity index (χ0n) is 18.2. The monoisotopic (exact) mass is 421 g/mol. The van der Waals surface area contributed by atoms with Gasteiger partial charge >= 0.3 is 6.03 Å². The molecule has 1 aromatic heterocycles. The molecule has 3 rings (SSSR count). The van der Waals surface area contributed by atoms with E-state index in [1.807, 2.05) is 56.3 Å². The van der Waals surface area contributed by atoms with Gasteiger partial charge in [0.15, 0.2) is 6.61 Å². The molecule has 0 fully saturated rings. The summed E-state index contributed by atoms with van der Waals surface area (Å²) in [5.41, 5.74) is 4.05. The van der Waals surface area contributed by atoms with Crippen molar-refractivity contribution in [3.8, 4) is 11.4 Å². The van der Waals surface area contributed by atoms with E-state index < -0.39 is 0 Å². The van der Waals surface area contributed by atoms with Crippen molar-refractivity contribution >= 4 is 17.6 Å². The molecule has 0 spiro atoms. The first kappa shape index (κ1) is 21.9. The zero-order chi connectivity index (χ0) is 22.4. The highest BCUT2D eigenvalue weighted by molar-refractivity contribution is 5.90. The molecular weight excluding hydrogens is 394 g/mol. The van der Waals surface area contributed by atoms with Gasteiger partial charge in [0.1, 0.15) is 5.75 Å². The molecule has 1 heterocycles. The van der Waals surface area contributed by atoms with Crippen LogP contribution in [-0.2, 0) is 11.3 Å². The number of hydrogen-bond donors (Lipinski definition) is 2. The zero-order valence-corrected chi connectivity index (χ0v) is 18.2. The van der Waals surface area contributed by atoms with E-state index in [0.717, 1.165) is 22.6 Å². The third-order valence-electron chi connectivity index (χ3n) is 4.74. The van der Waals surface area contributed by atoms with E-state index in [2.05, 4.69) is 15.7 Å². The Hall–Kier alpha value is -3.81. The van der Waals surface area contributed by atoms with Crippen LogP contribution in [0, 0.1) is 13.8 Å². The summed E-state index contributed by atoms with van der Waals surface area (Å²) in [7, 11) is 3.36. The number of urea groups is 1. The molecule has 0 aliphatic carbocycles. The topological polar surface area (TPSA) is 88.5 Å². The molecule has 0 saturated carbocycles. The minimum Gasteiger partial charge on any atom is -0.484 e. The van der Waals surface area contributed by atoms with E-state index in [1.54, 1.807) is 30.9 Å². The van der Waals surface area contributed by atoms with Crippen LogP contribution in [0.15, 0.2) is 54.6 Å². The highest BCUT2D eigenvalue weighted by atomic mass is 16.5. The lowest BCUT2D eigenvalue weighted by Crippen LogP contribution is -2.29. The fourth-order valence-corrected chi connectivity index (χ4v) is 3.00. The summed E-state index contributed by atoms with van der Waals surface area (Å²) in [4.78, 5) is 25.6. The molecule has 0 atom stereocenters. The van der Waals surface area contributed by atoms with E-state index >= 15 is 0 Å². The second-order valence-corrected chi connectivity index (χ2v) is 7.33. The van der Waals surface area contributed by atoms with E-state index in [4.69, 9.17) is 4.74 Å². The quantitative estimate of drug-likeness (QED) is 0.613. The van der Waals surface area contributed by atoms with Crippen LogP contribution >= 0.6 is 0 Å². The highest BCUT2D eigenvalue weighted by Crippen LogP contribution is 2.22. The average molecular weight is 422 g/mol. The number of aromatic nitrogens is 2. The molecule has 2 aromatic carbocycles. The Balaban J connectivity index is 1.59. The Morgan fingerprint density at radius 3 is 2.52 bits per heavy atom. The lowest BCUT2D eigenvalue weighted by atomic mass is 10.2. The van der Waals surface area contributed by atoms with Gasteiger partial charge in [-0.05, 0) is 43.7 Å². The number of anilines is 1. The lowest BCUT2D eigenvalue weighted by Gasteiger charge is -2.12. The largest absolute Gasteiger partial charge is 0.484 e. The Labute approximate surface area is 181 Å². The molecule has 0 aliphatic rings. The van der Waals surface area contributed by atoms with Crippen molar-refractivity contribution in [3.05, 3.63) is 71.5 Å². The van der Waals surface area contributed by atoms with Crippen LogP contribution < -0.4 is 15.4 Å². The molecule has 0 radical (unpaired) electrons. The molecule has 2 N–H and O–H groups in total. The summed E-state index contributed by atoms with van der Waals surface area (Å²) in [6, 6.07) is 16.7. The summed E-state index contributed by atoms with van der Waals surface area (Å²) in [5, 5.41) is 10.3. The van der Waals surface area contributed by atoms with Crippen LogP contribution in [-0.4, -0.2) is 47.3 Å². The van der Waals surface area contributed by atoms with Gasteiger partial charge in [0.05, 0.1) is 22.8 Å². The first-order chi connectivity index (χ1) is 14.8. The van der Waals surface area contributed by atoms with Crippen LogP contribution in [0.25, 0.3) is 5.69 Å². The van der Waals surface area contributed by atoms with Crippen LogP contribution in [0.5, 0.6) is 5.75 Å². The Morgan fingerprint density at radius 2 is 1.81 bits per heavy atom. The molecule has 0 saturated heterocycles. The Kier molecular flexibility index (Phi) is 6.92. The number of rotatable bonds is 7. The number of benzene rings is 2. The molecule has 31 heavy (non-hydrogen) atoms. The number of amides is 3. The van der Waals surface area contributed by atoms with Gasteiger partial charge in [-0.25, -0.2) is 9.48 Å². The van der Waals surface area contributed by atoms with E-state index in [-0.39, 0.29) is 18.5 Å². The van der Waals surface area contributed by atoms with E-state index in [0.29, 0.717) is 18.0 Å². The van der Waals surface area contributed by atoms with Gasteiger partial charge < -0.3 is 20.3 Å². The van der Waals surface area contributed by atoms with Crippen molar-refractivity contribution in [1.82, 2.24) is 20.0 Å². The van der Waals surface area contributed by atoms with Gasteiger partial charge in [-0.3, -0.25) is 4.79 Å². The Bertz CT molecular complexity index is 1060. The highest BCUT2D eigenvalue weighted by Gasteiger charge is 2.15. The first-order valence-corrected chi connectivity index (χ1v) is 9.93. The number of likely N-dealkylation sites (N-methyl/N-ethyl adjacent to an activating group) is 1. The van der Waals surface area contributed by atoms with E-state index in [9.17, 15) is 9.59 Å². The van der Waals surface area contributed by atoms with Gasteiger partial charge in [-0.2, -0.15) is 5.10 Å². The number of hydrogen-bond acceptors (Lipinski definition) is 4. The number of nitrogens with one attached hydrogen (secondary N) is 2. The van der Waals surface area contributed by atoms with Crippen molar-refractivity contribution in [2.24, 2.45) is 0 Å². The predicted molar refractivity (Wildman–Crippen MR) is 120 cm³/mol. The number of carbonyl (C=O) groups is 2. The minimum absolute atomic E-state index is 0.0334. The van der Waals surface area contributed by atoms with E-state index in [1.165, 1.54) is 4.90 Å². The normalized spacial score (nSPS) is 10.5. The van der Waals surface area contributed by atoms with Crippen LogP contribution in [0.2, 0.25) is 0 Å². The maximum atomic E-state index is 12.5. The SMILES string of the molecule is Cc1nn(-c2ccccc2)c(C)c1NC(=O)NCc1cccc(OCC(=O)N(C)C)c1. The van der Waals surface area contributed by atoms with Crippen molar-refractivity contribution in [1.29, 1.82) is 0 Å². The standard InChI is InChI=1S/C23H27N5O3/c1-16-22(17(2)28(26-16)19-10-6-5-7-11-19)25-23(30)24-14-18-9-8-12-20(13-18)31-15-21(29)27(3)4/h5-13H,14-15H2,1-4H3,(H2,24,25,30). The molecule has 162 valence electrons. The summed E-state index contributed by atoms with van der Waals surface area (Å²) < 4.78 is 7.32. The third kappa shape index (κ3) is 5.63. The van der Waals surface area contributed by atoms with Crippen LogP contribution in [0.3, 0.4) is 0 Å². The third-order valence-corrected chi connectivity index (χ3v) is 4.74. The van der Waals surface area contributed by atoms with Gasteiger partial charge in [-0.1, -0.05) is 30.3 Å². The fourth-order valence-electron chi connectivity index (χ4n) is 3.00. The predicted octanol–water partition coefficient (Wildman–Crippen LogP) is 3.28. The molecule has 0 unspecified atom stereocenters. The van der Waals surface area contributed by atoms with Crippen molar-refractivity contribution in [2.75, 3.05) is 26.0 Å². The van der Waals surface area contributed by atoms with Crippen molar-refractivity contribution in [3.63, 3.8) is 0 Å². The molecule has 8 heteroatoms. The minimum atomic E-state index is -0.326. The Morgan fingerprint density at radius 1 is 1.06 bits per heavy atom. The summed E-state index contributed by atoms with van der Waals surface area (Å²) >= 11 is 0. The average Bonchev–Trinajstić information content (AvgIpc) is 3.05. The number of nitrogens with zero attached hydrogens (tertiary/aromatic N) is 3. The van der Waals surface area contributed by atoms with Crippen LogP contribution in [0.4, 0.5) is 10.5 Å². The molecule has 0 bridgehead atoms. The van der Waals surface area contributed by atoms with Crippen molar-refractivity contribution < 1.29 is 14.3 Å². The summed E-state index contributed by atoms with van der Waals surface area (Å²) in [5.74, 6) is 0.454. The molecule has 3 aromatic rings. The molecule has 3 amide bonds. The maximum Gasteiger partial charge on any atom is 0.319 e. The smallest absolute Gasteiger partial charge is 0.319 e.